The topological polar surface area (TPSA) is 102 Å². The number of hydrogen-bond acceptors (Lipinski definition) is 5. The van der Waals surface area contributed by atoms with E-state index in [9.17, 15) is 14.4 Å². The van der Waals surface area contributed by atoms with Crippen molar-refractivity contribution in [2.45, 2.75) is 20.3 Å². The van der Waals surface area contributed by atoms with Crippen molar-refractivity contribution in [2.75, 3.05) is 29.3 Å². The zero-order valence-corrected chi connectivity index (χ0v) is 22.5. The van der Waals surface area contributed by atoms with Crippen LogP contribution in [0.5, 0.6) is 17.2 Å². The van der Waals surface area contributed by atoms with Crippen molar-refractivity contribution in [3.8, 4) is 17.2 Å². The largest absolute Gasteiger partial charge is 0.493 e. The summed E-state index contributed by atoms with van der Waals surface area (Å²) >= 11 is 0. The highest BCUT2D eigenvalue weighted by Gasteiger charge is 2.35. The van der Waals surface area contributed by atoms with Crippen molar-refractivity contribution in [1.82, 2.24) is 4.68 Å². The first kappa shape index (κ1) is 26.6. The molecular formula is C31H30N4O5. The fourth-order valence-corrected chi connectivity index (χ4v) is 4.62. The van der Waals surface area contributed by atoms with E-state index < -0.39 is 5.92 Å². The Morgan fingerprint density at radius 2 is 1.50 bits per heavy atom. The number of aryl methyl sites for hydroxylation is 2. The van der Waals surface area contributed by atoms with Crippen LogP contribution in [0.15, 0.2) is 84.9 Å². The lowest BCUT2D eigenvalue weighted by Gasteiger charge is -2.17. The fraction of sp³-hybridized carbons (Fsp3) is 0.194. The van der Waals surface area contributed by atoms with Crippen LogP contribution in [0.1, 0.15) is 28.2 Å². The number of rotatable bonds is 8. The van der Waals surface area contributed by atoms with Gasteiger partial charge in [0.25, 0.3) is 5.91 Å². The van der Waals surface area contributed by atoms with Crippen molar-refractivity contribution in [1.29, 1.82) is 0 Å². The number of carbonyl (C=O) groups is 3. The van der Waals surface area contributed by atoms with Gasteiger partial charge in [-0.3, -0.25) is 24.5 Å². The van der Waals surface area contributed by atoms with Crippen molar-refractivity contribution < 1.29 is 23.9 Å². The molecule has 1 atom stereocenters. The first-order chi connectivity index (χ1) is 19.3. The number of para-hydroxylation sites is 2. The third-order valence-electron chi connectivity index (χ3n) is 6.84. The molecule has 3 aromatic carbocycles. The molecule has 0 unspecified atom stereocenters. The lowest BCUT2D eigenvalue weighted by molar-refractivity contribution is -0.122. The lowest BCUT2D eigenvalue weighted by atomic mass is 10.1. The summed E-state index contributed by atoms with van der Waals surface area (Å²) in [7, 11) is 1.58. The van der Waals surface area contributed by atoms with Gasteiger partial charge in [0.15, 0.2) is 11.5 Å². The molecule has 0 spiro atoms. The van der Waals surface area contributed by atoms with Gasteiger partial charge in [-0.15, -0.1) is 0 Å². The number of hydrogen-bond donors (Lipinski definition) is 2. The van der Waals surface area contributed by atoms with E-state index in [-0.39, 0.29) is 30.7 Å². The Labute approximate surface area is 232 Å². The van der Waals surface area contributed by atoms with Crippen LogP contribution in [0.4, 0.5) is 11.4 Å². The van der Waals surface area contributed by atoms with E-state index in [2.05, 4.69) is 10.7 Å². The standard InChI is InChI=1S/C31H30N4O5/c1-20-8-9-21(2)35(20)33-31(38)22-10-12-24(13-11-22)32-30(37)23-18-29(36)34(19-23)25-14-16-26(17-15-25)40-28-7-5-4-6-27(28)39-3/h4-17,23H,18-19H2,1-3H3,(H,32,37)(H,33,38)/t23-/m0/s1. The molecule has 2 N–H and O–H groups in total. The Kier molecular flexibility index (Phi) is 7.54. The number of ether oxygens (including phenoxy) is 2. The minimum Gasteiger partial charge on any atom is -0.493 e. The Balaban J connectivity index is 1.17. The number of anilines is 2. The lowest BCUT2D eigenvalue weighted by Crippen LogP contribution is -2.28. The van der Waals surface area contributed by atoms with Crippen molar-refractivity contribution >= 4 is 29.1 Å². The molecule has 1 saturated heterocycles. The van der Waals surface area contributed by atoms with Gasteiger partial charge in [0.2, 0.25) is 11.8 Å². The first-order valence-electron chi connectivity index (χ1n) is 12.9. The van der Waals surface area contributed by atoms with Crippen LogP contribution < -0.4 is 25.1 Å². The summed E-state index contributed by atoms with van der Waals surface area (Å²) in [6, 6.07) is 25.0. The Morgan fingerprint density at radius 1 is 0.850 bits per heavy atom. The van der Waals surface area contributed by atoms with Crippen molar-refractivity contribution in [3.63, 3.8) is 0 Å². The summed E-state index contributed by atoms with van der Waals surface area (Å²) in [6.45, 7) is 4.09. The molecule has 204 valence electrons. The minimum atomic E-state index is -0.500. The van der Waals surface area contributed by atoms with E-state index >= 15 is 0 Å². The van der Waals surface area contributed by atoms with Crippen LogP contribution in [-0.2, 0) is 9.59 Å². The molecule has 1 fully saturated rings. The number of nitrogens with one attached hydrogen (secondary N) is 2. The first-order valence-corrected chi connectivity index (χ1v) is 12.9. The van der Waals surface area contributed by atoms with Gasteiger partial charge >= 0.3 is 0 Å². The van der Waals surface area contributed by atoms with Gasteiger partial charge in [-0.05, 0) is 86.6 Å². The Morgan fingerprint density at radius 3 is 2.15 bits per heavy atom. The number of methoxy groups -OCH3 is 1. The van der Waals surface area contributed by atoms with Crippen molar-refractivity contribution in [2.24, 2.45) is 5.92 Å². The smallest absolute Gasteiger partial charge is 0.270 e. The van der Waals surface area contributed by atoms with E-state index in [1.807, 2.05) is 50.2 Å². The monoisotopic (exact) mass is 538 g/mol. The third kappa shape index (κ3) is 5.68. The number of carbonyl (C=O) groups excluding carboxylic acids is 3. The van der Waals surface area contributed by atoms with Crippen LogP contribution in [-0.4, -0.2) is 36.1 Å². The molecule has 0 saturated carbocycles. The van der Waals surface area contributed by atoms with Crippen molar-refractivity contribution in [3.05, 3.63) is 102 Å². The summed E-state index contributed by atoms with van der Waals surface area (Å²) < 4.78 is 13.0. The van der Waals surface area contributed by atoms with Gasteiger partial charge in [-0.1, -0.05) is 12.1 Å². The Bertz CT molecular complexity index is 1520. The van der Waals surface area contributed by atoms with E-state index in [4.69, 9.17) is 9.47 Å². The fourth-order valence-electron chi connectivity index (χ4n) is 4.62. The highest BCUT2D eigenvalue weighted by atomic mass is 16.5. The van der Waals surface area contributed by atoms with E-state index in [0.717, 1.165) is 11.4 Å². The van der Waals surface area contributed by atoms with Crippen LogP contribution >= 0.6 is 0 Å². The molecule has 0 aliphatic carbocycles. The summed E-state index contributed by atoms with van der Waals surface area (Å²) in [4.78, 5) is 39.9. The summed E-state index contributed by atoms with van der Waals surface area (Å²) in [5.74, 6) is 0.687. The van der Waals surface area contributed by atoms with Gasteiger partial charge in [0.1, 0.15) is 5.75 Å². The zero-order valence-electron chi connectivity index (χ0n) is 22.5. The third-order valence-corrected chi connectivity index (χ3v) is 6.84. The maximum atomic E-state index is 13.0. The predicted octanol–water partition coefficient (Wildman–Crippen LogP) is 5.28. The van der Waals surface area contributed by atoms with Crippen LogP contribution in [0.25, 0.3) is 0 Å². The van der Waals surface area contributed by atoms with Gasteiger partial charge in [0, 0.05) is 41.3 Å². The average Bonchev–Trinajstić information content (AvgIpc) is 3.51. The number of benzene rings is 3. The molecule has 1 aliphatic rings. The zero-order chi connectivity index (χ0) is 28.2. The Hall–Kier alpha value is -5.05. The normalized spacial score (nSPS) is 14.6. The molecule has 5 rings (SSSR count). The van der Waals surface area contributed by atoms with E-state index in [0.29, 0.717) is 34.2 Å². The average molecular weight is 539 g/mol. The number of nitrogens with zero attached hydrogens (tertiary/aromatic N) is 2. The van der Waals surface area contributed by atoms with Crippen LogP contribution in [0.2, 0.25) is 0 Å². The second kappa shape index (κ2) is 11.4. The molecule has 1 aliphatic heterocycles. The number of aromatic nitrogens is 1. The van der Waals surface area contributed by atoms with Gasteiger partial charge in [-0.25, -0.2) is 0 Å². The van der Waals surface area contributed by atoms with E-state index in [1.54, 1.807) is 65.2 Å². The summed E-state index contributed by atoms with van der Waals surface area (Å²) in [5, 5.41) is 2.87. The van der Waals surface area contributed by atoms with Crippen LogP contribution in [0, 0.1) is 19.8 Å². The second-order valence-electron chi connectivity index (χ2n) is 9.61. The van der Waals surface area contributed by atoms with E-state index in [1.165, 1.54) is 0 Å². The molecule has 9 nitrogen and oxygen atoms in total. The number of amides is 3. The molecular weight excluding hydrogens is 508 g/mol. The van der Waals surface area contributed by atoms with Gasteiger partial charge < -0.3 is 19.7 Å². The van der Waals surface area contributed by atoms with Gasteiger partial charge in [0.05, 0.1) is 13.0 Å². The van der Waals surface area contributed by atoms with Gasteiger partial charge in [-0.2, -0.15) is 0 Å². The molecule has 3 amide bonds. The molecule has 40 heavy (non-hydrogen) atoms. The van der Waals surface area contributed by atoms with Crippen LogP contribution in [0.3, 0.4) is 0 Å². The molecule has 9 heteroatoms. The SMILES string of the molecule is COc1ccccc1Oc1ccc(N2C[C@@H](C(=O)Nc3ccc(C(=O)Nn4c(C)ccc4C)cc3)CC2=O)cc1. The highest BCUT2D eigenvalue weighted by Crippen LogP contribution is 2.33. The highest BCUT2D eigenvalue weighted by molar-refractivity contribution is 6.04. The molecule has 2 heterocycles. The molecule has 0 radical (unpaired) electrons. The maximum Gasteiger partial charge on any atom is 0.270 e. The summed E-state index contributed by atoms with van der Waals surface area (Å²) in [5.41, 5.74) is 6.41. The maximum absolute atomic E-state index is 13.0. The predicted molar refractivity (Wildman–Crippen MR) is 153 cm³/mol. The quantitative estimate of drug-likeness (QED) is 0.318. The minimum absolute atomic E-state index is 0.112. The molecule has 0 bridgehead atoms. The second-order valence-corrected chi connectivity index (χ2v) is 9.61. The molecule has 1 aromatic heterocycles. The summed E-state index contributed by atoms with van der Waals surface area (Å²) in [6.07, 6.45) is 0.112. The molecule has 4 aromatic rings.